The molecule has 0 radical (unpaired) electrons. The number of hydrogen-bond donors (Lipinski definition) is 2. The number of nitrogens with two attached hydrogens (primary N) is 2. The van der Waals surface area contributed by atoms with Crippen molar-refractivity contribution < 1.29 is 28.7 Å². The van der Waals surface area contributed by atoms with Crippen LogP contribution in [0.15, 0.2) is 72.8 Å². The van der Waals surface area contributed by atoms with E-state index in [0.29, 0.717) is 0 Å². The fourth-order valence-electron chi connectivity index (χ4n) is 6.01. The van der Waals surface area contributed by atoms with E-state index in [9.17, 15) is 19.2 Å². The monoisotopic (exact) mass is 533 g/mol. The number of imide groups is 2. The van der Waals surface area contributed by atoms with Gasteiger partial charge in [0.05, 0.1) is 61.2 Å². The summed E-state index contributed by atoms with van der Waals surface area (Å²) in [6.07, 6.45) is 3.57. The molecule has 0 saturated carbocycles. The van der Waals surface area contributed by atoms with Crippen LogP contribution >= 0.6 is 0 Å². The molecule has 4 aliphatic heterocycles. The molecule has 39 heavy (non-hydrogen) atoms. The molecule has 11 heteroatoms. The van der Waals surface area contributed by atoms with Crippen LogP contribution in [0.4, 0.5) is 0 Å². The minimum Gasteiger partial charge on any atom is -0.370 e. The fourth-order valence-corrected chi connectivity index (χ4v) is 6.01. The van der Waals surface area contributed by atoms with Crippen LogP contribution in [0.1, 0.15) is 5.56 Å². The second-order valence-corrected chi connectivity index (χ2v) is 9.97. The Kier molecular flexibility index (Phi) is 7.19. The molecule has 4 heterocycles. The first-order chi connectivity index (χ1) is 18.8. The predicted molar refractivity (Wildman–Crippen MR) is 140 cm³/mol. The zero-order chi connectivity index (χ0) is 27.8. The smallest absolute Gasteiger partial charge is 0.236 e. The molecule has 4 N–H and O–H groups in total. The molecule has 8 atom stereocenters. The number of hydrogen-bond acceptors (Lipinski definition) is 7. The van der Waals surface area contributed by atoms with Gasteiger partial charge in [-0.25, -0.2) is 0 Å². The van der Waals surface area contributed by atoms with Crippen LogP contribution in [0.25, 0.3) is 0 Å². The Labute approximate surface area is 225 Å². The van der Waals surface area contributed by atoms with Gasteiger partial charge < -0.3 is 20.9 Å². The minimum atomic E-state index is -0.765. The van der Waals surface area contributed by atoms with Crippen LogP contribution < -0.4 is 11.5 Å². The van der Waals surface area contributed by atoms with E-state index in [-0.39, 0.29) is 49.2 Å². The molecule has 8 unspecified atom stereocenters. The van der Waals surface area contributed by atoms with Crippen molar-refractivity contribution >= 4 is 29.6 Å². The first kappa shape index (κ1) is 26.5. The molecule has 5 rings (SSSR count). The highest BCUT2D eigenvalue weighted by atomic mass is 16.5. The van der Waals surface area contributed by atoms with Crippen LogP contribution in [0.5, 0.6) is 0 Å². The lowest BCUT2D eigenvalue weighted by atomic mass is 9.87. The van der Waals surface area contributed by atoms with E-state index in [0.717, 1.165) is 10.5 Å². The number of ether oxygens (including phenoxy) is 2. The third-order valence-electron chi connectivity index (χ3n) is 7.78. The highest BCUT2D eigenvalue weighted by Crippen LogP contribution is 2.44. The zero-order valence-electron chi connectivity index (χ0n) is 21.3. The third kappa shape index (κ3) is 4.57. The predicted octanol–water partition coefficient (Wildman–Crippen LogP) is 0.125. The lowest BCUT2D eigenvalue weighted by molar-refractivity contribution is -0.144. The van der Waals surface area contributed by atoms with E-state index in [1.165, 1.54) is 17.1 Å². The number of amides is 4. The maximum atomic E-state index is 13.4. The topological polar surface area (TPSA) is 158 Å². The van der Waals surface area contributed by atoms with Gasteiger partial charge in [0.25, 0.3) is 0 Å². The summed E-state index contributed by atoms with van der Waals surface area (Å²) in [4.78, 5) is 59.3. The van der Waals surface area contributed by atoms with Crippen molar-refractivity contribution in [2.75, 3.05) is 13.1 Å². The second-order valence-electron chi connectivity index (χ2n) is 9.97. The highest BCUT2D eigenvalue weighted by Gasteiger charge is 2.60. The number of carbonyl (C=O) groups is 4. The van der Waals surface area contributed by atoms with E-state index in [4.69, 9.17) is 20.9 Å². The number of nitrogens with zero attached hydrogens (tertiary/aromatic N) is 3. The van der Waals surface area contributed by atoms with Gasteiger partial charge >= 0.3 is 0 Å². The molecule has 1 aromatic carbocycles. The Hall–Kier alpha value is -4.09. The highest BCUT2D eigenvalue weighted by molar-refractivity contribution is 6.07. The summed E-state index contributed by atoms with van der Waals surface area (Å²) in [5.74, 6) is -4.41. The zero-order valence-corrected chi connectivity index (χ0v) is 21.3. The number of benzene rings is 1. The Morgan fingerprint density at radius 3 is 1.69 bits per heavy atom. The van der Waals surface area contributed by atoms with Crippen molar-refractivity contribution in [3.63, 3.8) is 0 Å². The molecule has 0 spiro atoms. The van der Waals surface area contributed by atoms with E-state index in [2.05, 4.69) is 18.2 Å². The Morgan fingerprint density at radius 2 is 1.23 bits per heavy atom. The molecule has 0 bridgehead atoms. The molecule has 0 aromatic heterocycles. The maximum Gasteiger partial charge on any atom is 0.236 e. The second kappa shape index (κ2) is 10.6. The van der Waals surface area contributed by atoms with Crippen molar-refractivity contribution in [2.24, 2.45) is 40.1 Å². The van der Waals surface area contributed by atoms with Crippen LogP contribution in [0, 0.1) is 23.7 Å². The molecule has 4 fully saturated rings. The van der Waals surface area contributed by atoms with Gasteiger partial charge in [0, 0.05) is 6.54 Å². The van der Waals surface area contributed by atoms with Crippen LogP contribution in [-0.4, -0.2) is 76.9 Å². The molecule has 1 aromatic rings. The van der Waals surface area contributed by atoms with Crippen molar-refractivity contribution in [1.29, 1.82) is 0 Å². The van der Waals surface area contributed by atoms with Crippen LogP contribution in [0.2, 0.25) is 0 Å². The Bertz CT molecular complexity index is 1260. The average molecular weight is 534 g/mol. The largest absolute Gasteiger partial charge is 0.370 e. The minimum absolute atomic E-state index is 0.0488. The summed E-state index contributed by atoms with van der Waals surface area (Å²) in [5.41, 5.74) is 11.6. The van der Waals surface area contributed by atoms with Gasteiger partial charge in [-0.05, 0) is 5.56 Å². The van der Waals surface area contributed by atoms with Gasteiger partial charge in [-0.3, -0.25) is 34.0 Å². The molecule has 4 saturated heterocycles. The van der Waals surface area contributed by atoms with Crippen LogP contribution in [0.3, 0.4) is 0 Å². The Morgan fingerprint density at radius 1 is 0.769 bits per heavy atom. The lowest BCUT2D eigenvalue weighted by Crippen LogP contribution is -2.37. The molecule has 11 nitrogen and oxygen atoms in total. The van der Waals surface area contributed by atoms with Gasteiger partial charge in [0.2, 0.25) is 23.6 Å². The van der Waals surface area contributed by atoms with Crippen molar-refractivity contribution in [2.45, 2.75) is 31.0 Å². The number of carbonyl (C=O) groups excluding carboxylic acids is 4. The van der Waals surface area contributed by atoms with E-state index < -0.39 is 48.1 Å². The van der Waals surface area contributed by atoms with E-state index in [1.54, 1.807) is 12.2 Å². The fraction of sp³-hybridized carbons (Fsp3) is 0.393. The third-order valence-corrected chi connectivity index (χ3v) is 7.78. The molecule has 0 aliphatic carbocycles. The van der Waals surface area contributed by atoms with Gasteiger partial charge in [0.1, 0.15) is 0 Å². The van der Waals surface area contributed by atoms with Crippen LogP contribution in [-0.2, 0) is 35.2 Å². The first-order valence-electron chi connectivity index (χ1n) is 12.8. The summed E-state index contributed by atoms with van der Waals surface area (Å²) >= 11 is 0. The number of fused-ring (bicyclic) bond motifs is 2. The number of likely N-dealkylation sites (tertiary alicyclic amines) is 2. The maximum absolute atomic E-state index is 13.4. The molecule has 204 valence electrons. The van der Waals surface area contributed by atoms with Crippen molar-refractivity contribution in [3.05, 3.63) is 73.4 Å². The molecule has 4 aliphatic rings. The number of guanidine groups is 1. The lowest BCUT2D eigenvalue weighted by Gasteiger charge is -2.20. The molecular formula is C28H31N5O6. The number of rotatable bonds is 9. The van der Waals surface area contributed by atoms with Gasteiger partial charge in [-0.1, -0.05) is 54.6 Å². The van der Waals surface area contributed by atoms with E-state index >= 15 is 0 Å². The number of aliphatic imine (C=N–C) groups is 1. The van der Waals surface area contributed by atoms with E-state index in [1.807, 2.05) is 30.3 Å². The summed E-state index contributed by atoms with van der Waals surface area (Å²) < 4.78 is 12.0. The van der Waals surface area contributed by atoms with Gasteiger partial charge in [-0.2, -0.15) is 0 Å². The van der Waals surface area contributed by atoms with Gasteiger partial charge in [-0.15, -0.1) is 13.2 Å². The summed E-state index contributed by atoms with van der Waals surface area (Å²) in [6.45, 7) is 7.87. The quantitative estimate of drug-likeness (QED) is 0.196. The van der Waals surface area contributed by atoms with Crippen molar-refractivity contribution in [1.82, 2.24) is 9.80 Å². The summed E-state index contributed by atoms with van der Waals surface area (Å²) in [6, 6.07) is 9.29. The standard InChI is InChI=1S/C28H31N5O6/c1-3-16-20-22(25(35)32(24(20)34)13-12-31-28(29)30)18(38-16)10-11-19-23-21(17(4-2)39-19)26(36)33(27(23)37)14-15-8-6-5-7-9-15/h3-11,16-23H,1-2,12-14H2,(H4,29,30,31)/b11-10-. The van der Waals surface area contributed by atoms with Gasteiger partial charge in [0.15, 0.2) is 5.96 Å². The SMILES string of the molecule is C=CC1OC(/C=C\C2OC(C=C)C3C(=O)N(Cc4ccccc4)C(=O)C23)C2C(=O)N(CCN=C(N)N)C(=O)C12. The summed E-state index contributed by atoms with van der Waals surface area (Å²) in [7, 11) is 0. The first-order valence-corrected chi connectivity index (χ1v) is 12.8. The normalized spacial score (nSPS) is 33.6. The summed E-state index contributed by atoms with van der Waals surface area (Å²) in [5, 5.41) is 0. The molecule has 4 amide bonds. The molecular weight excluding hydrogens is 502 g/mol. The average Bonchev–Trinajstić information content (AvgIpc) is 3.62. The van der Waals surface area contributed by atoms with Crippen molar-refractivity contribution in [3.8, 4) is 0 Å². The Balaban J connectivity index is 1.35.